The van der Waals surface area contributed by atoms with E-state index in [1.807, 2.05) is 0 Å². The topological polar surface area (TPSA) is 132 Å². The van der Waals surface area contributed by atoms with Crippen molar-refractivity contribution in [1.29, 1.82) is 0 Å². The van der Waals surface area contributed by atoms with E-state index in [4.69, 9.17) is 9.15 Å². The van der Waals surface area contributed by atoms with Gasteiger partial charge in [0.05, 0.1) is 11.7 Å². The molecule has 1 aliphatic carbocycles. The number of oxazole rings is 1. The first-order chi connectivity index (χ1) is 20.1. The summed E-state index contributed by atoms with van der Waals surface area (Å²) in [5, 5.41) is 6.32. The largest absolute Gasteiger partial charge is 0.444 e. The van der Waals surface area contributed by atoms with Gasteiger partial charge in [0, 0.05) is 23.9 Å². The quantitative estimate of drug-likeness (QED) is 0.230. The second-order valence-corrected chi connectivity index (χ2v) is 11.0. The number of aromatic nitrogens is 4. The Morgan fingerprint density at radius 2 is 1.91 bits per heavy atom. The van der Waals surface area contributed by atoms with E-state index in [1.54, 1.807) is 0 Å². The molecular formula is C27H29F5N6O5. The highest BCUT2D eigenvalue weighted by Gasteiger charge is 2.37. The van der Waals surface area contributed by atoms with Crippen LogP contribution in [0.3, 0.4) is 0 Å². The van der Waals surface area contributed by atoms with Gasteiger partial charge in [0.1, 0.15) is 30.5 Å². The second kappa shape index (κ2) is 12.5. The Bertz CT molecular complexity index is 1460. The molecule has 16 heteroatoms. The number of anilines is 2. The predicted molar refractivity (Wildman–Crippen MR) is 142 cm³/mol. The van der Waals surface area contributed by atoms with Crippen molar-refractivity contribution in [2.75, 3.05) is 16.8 Å². The molecule has 1 saturated carbocycles. The van der Waals surface area contributed by atoms with Crippen molar-refractivity contribution in [2.24, 2.45) is 5.92 Å². The third kappa shape index (κ3) is 8.14. The third-order valence-corrected chi connectivity index (χ3v) is 6.48. The second-order valence-electron chi connectivity index (χ2n) is 11.0. The van der Waals surface area contributed by atoms with Crippen LogP contribution in [-0.2, 0) is 9.53 Å². The Kier molecular flexibility index (Phi) is 9.15. The van der Waals surface area contributed by atoms with Crippen LogP contribution >= 0.6 is 0 Å². The van der Waals surface area contributed by atoms with Gasteiger partial charge < -0.3 is 19.3 Å². The standard InChI is InChI=1S/C27H29F5N6O5/c1-26(2,3)43-25(41)37(14-27(30,31)32)20-10-16(8-9-33-20)24-35-19(13-42-24)23(40)34-18-11-38(36-21(18)22(28)29)17-6-4-15(12-39)5-7-17/h8-13,15,17,22H,4-7,14H2,1-3H3,(H,34,40). The Labute approximate surface area is 242 Å². The first-order valence-corrected chi connectivity index (χ1v) is 13.3. The van der Waals surface area contributed by atoms with E-state index in [2.05, 4.69) is 20.4 Å². The summed E-state index contributed by atoms with van der Waals surface area (Å²) < 4.78 is 79.1. The van der Waals surface area contributed by atoms with Gasteiger partial charge in [-0.2, -0.15) is 18.3 Å². The first-order valence-electron chi connectivity index (χ1n) is 13.3. The molecule has 0 bridgehead atoms. The lowest BCUT2D eigenvalue weighted by Crippen LogP contribution is -2.42. The highest BCUT2D eigenvalue weighted by molar-refractivity contribution is 6.03. The highest BCUT2D eigenvalue weighted by Crippen LogP contribution is 2.34. The molecule has 0 spiro atoms. The van der Waals surface area contributed by atoms with Crippen LogP contribution < -0.4 is 10.2 Å². The molecule has 0 radical (unpaired) electrons. The minimum absolute atomic E-state index is 0.0757. The number of carbonyl (C=O) groups is 3. The number of carbonyl (C=O) groups excluding carboxylic acids is 3. The van der Waals surface area contributed by atoms with E-state index in [0.717, 1.165) is 24.8 Å². The molecule has 43 heavy (non-hydrogen) atoms. The highest BCUT2D eigenvalue weighted by atomic mass is 19.4. The molecule has 1 aliphatic rings. The van der Waals surface area contributed by atoms with Crippen LogP contribution in [0.2, 0.25) is 0 Å². The summed E-state index contributed by atoms with van der Waals surface area (Å²) >= 11 is 0. The lowest BCUT2D eigenvalue weighted by atomic mass is 9.87. The third-order valence-electron chi connectivity index (χ3n) is 6.48. The summed E-state index contributed by atoms with van der Waals surface area (Å²) in [4.78, 5) is 44.7. The minimum Gasteiger partial charge on any atom is -0.444 e. The zero-order valence-electron chi connectivity index (χ0n) is 23.4. The van der Waals surface area contributed by atoms with Gasteiger partial charge in [-0.1, -0.05) is 0 Å². The number of nitrogens with zero attached hydrogens (tertiary/aromatic N) is 5. The number of hydrogen-bond donors (Lipinski definition) is 1. The number of pyridine rings is 1. The monoisotopic (exact) mass is 612 g/mol. The van der Waals surface area contributed by atoms with Gasteiger partial charge in [-0.05, 0) is 58.6 Å². The van der Waals surface area contributed by atoms with Crippen molar-refractivity contribution in [3.05, 3.63) is 42.2 Å². The summed E-state index contributed by atoms with van der Waals surface area (Å²) in [5.41, 5.74) is -2.19. The molecule has 1 fully saturated rings. The van der Waals surface area contributed by atoms with Gasteiger partial charge in [-0.15, -0.1) is 0 Å². The molecule has 3 aromatic heterocycles. The summed E-state index contributed by atoms with van der Waals surface area (Å²) in [6.07, 6.45) is -2.47. The molecular weight excluding hydrogens is 583 g/mol. The Morgan fingerprint density at radius 3 is 2.51 bits per heavy atom. The number of amides is 2. The average molecular weight is 613 g/mol. The van der Waals surface area contributed by atoms with Crippen LogP contribution in [0.4, 0.5) is 38.3 Å². The predicted octanol–water partition coefficient (Wildman–Crippen LogP) is 6.36. The van der Waals surface area contributed by atoms with Gasteiger partial charge in [0.15, 0.2) is 11.4 Å². The van der Waals surface area contributed by atoms with Crippen LogP contribution in [0.15, 0.2) is 35.2 Å². The van der Waals surface area contributed by atoms with Gasteiger partial charge >= 0.3 is 12.3 Å². The van der Waals surface area contributed by atoms with Gasteiger partial charge in [-0.3, -0.25) is 14.4 Å². The van der Waals surface area contributed by atoms with Gasteiger partial charge in [0.25, 0.3) is 12.3 Å². The lowest BCUT2D eigenvalue weighted by Gasteiger charge is -2.27. The molecule has 1 N–H and O–H groups in total. The molecule has 0 aromatic carbocycles. The van der Waals surface area contributed by atoms with Crippen LogP contribution in [0.25, 0.3) is 11.5 Å². The molecule has 0 saturated heterocycles. The molecule has 3 aromatic rings. The number of aldehydes is 1. The van der Waals surface area contributed by atoms with Crippen molar-refractivity contribution < 1.29 is 45.5 Å². The molecule has 4 rings (SSSR count). The smallest absolute Gasteiger partial charge is 0.416 e. The van der Waals surface area contributed by atoms with E-state index < -0.39 is 48.3 Å². The number of hydrogen-bond acceptors (Lipinski definition) is 8. The van der Waals surface area contributed by atoms with E-state index in [9.17, 15) is 36.3 Å². The van der Waals surface area contributed by atoms with Crippen molar-refractivity contribution in [1.82, 2.24) is 19.7 Å². The number of ether oxygens (including phenoxy) is 1. The number of rotatable bonds is 8. The van der Waals surface area contributed by atoms with Crippen LogP contribution in [0.5, 0.6) is 0 Å². The number of alkyl halides is 5. The summed E-state index contributed by atoms with van der Waals surface area (Å²) in [6, 6.07) is 2.22. The van der Waals surface area contributed by atoms with Crippen molar-refractivity contribution in [3.8, 4) is 11.5 Å². The fourth-order valence-corrected chi connectivity index (χ4v) is 4.48. The molecule has 3 heterocycles. The molecule has 11 nitrogen and oxygen atoms in total. The summed E-state index contributed by atoms with van der Waals surface area (Å²) in [6.45, 7) is 2.80. The Morgan fingerprint density at radius 1 is 1.21 bits per heavy atom. The van der Waals surface area contributed by atoms with Crippen molar-refractivity contribution in [2.45, 2.75) is 70.7 Å². The molecule has 2 amide bonds. The maximum atomic E-state index is 13.7. The maximum absolute atomic E-state index is 13.7. The van der Waals surface area contributed by atoms with E-state index in [0.29, 0.717) is 30.6 Å². The van der Waals surface area contributed by atoms with Crippen molar-refractivity contribution >= 4 is 29.8 Å². The maximum Gasteiger partial charge on any atom is 0.416 e. The number of halogens is 5. The van der Waals surface area contributed by atoms with Crippen LogP contribution in [0, 0.1) is 5.92 Å². The fraction of sp³-hybridized carbons (Fsp3) is 0.481. The SMILES string of the molecule is CC(C)(C)OC(=O)N(CC(F)(F)F)c1cc(-c2nc(C(=O)Nc3cn(C4CCC(C=O)CC4)nc3C(F)F)co2)ccn1. The normalized spacial score (nSPS) is 17.5. The van der Waals surface area contributed by atoms with Crippen molar-refractivity contribution in [3.63, 3.8) is 0 Å². The summed E-state index contributed by atoms with van der Waals surface area (Å²) in [7, 11) is 0. The van der Waals surface area contributed by atoms with Crippen LogP contribution in [-0.4, -0.2) is 56.4 Å². The minimum atomic E-state index is -4.78. The number of nitrogens with one attached hydrogen (secondary N) is 1. The molecule has 232 valence electrons. The Balaban J connectivity index is 1.53. The van der Waals surface area contributed by atoms with E-state index >= 15 is 0 Å². The molecule has 0 unspecified atom stereocenters. The van der Waals surface area contributed by atoms with Crippen LogP contribution in [0.1, 0.15) is 75.1 Å². The lowest BCUT2D eigenvalue weighted by molar-refractivity contribution is -0.119. The summed E-state index contributed by atoms with van der Waals surface area (Å²) in [5.74, 6) is -1.60. The Hall–Kier alpha value is -4.37. The molecule has 0 atom stereocenters. The van der Waals surface area contributed by atoms with E-state index in [-0.39, 0.29) is 34.8 Å². The van der Waals surface area contributed by atoms with Gasteiger partial charge in [0.2, 0.25) is 5.89 Å². The van der Waals surface area contributed by atoms with E-state index in [1.165, 1.54) is 37.7 Å². The molecule has 0 aliphatic heterocycles. The van der Waals surface area contributed by atoms with Gasteiger partial charge in [-0.25, -0.2) is 23.5 Å². The zero-order valence-corrected chi connectivity index (χ0v) is 23.4. The first kappa shape index (κ1) is 31.6. The fourth-order valence-electron chi connectivity index (χ4n) is 4.48. The average Bonchev–Trinajstić information content (AvgIpc) is 3.59. The zero-order chi connectivity index (χ0) is 31.5.